The van der Waals surface area contributed by atoms with Crippen LogP contribution in [0.2, 0.25) is 0 Å². The molecule has 2 rings (SSSR count). The molecule has 0 bridgehead atoms. The second-order valence-corrected chi connectivity index (χ2v) is 4.60. The fourth-order valence-electron chi connectivity index (χ4n) is 2.57. The lowest BCUT2D eigenvalue weighted by Gasteiger charge is -2.31. The van der Waals surface area contributed by atoms with E-state index in [2.05, 4.69) is 6.58 Å². The van der Waals surface area contributed by atoms with Crippen LogP contribution >= 0.6 is 0 Å². The molecule has 1 fully saturated rings. The SMILES string of the molecule is C=C[C@@H](c1ccccc1)[C@]1(C(=O)OCC)OCCC1=O. The molecule has 2 atom stereocenters. The van der Waals surface area contributed by atoms with Crippen molar-refractivity contribution in [1.82, 2.24) is 0 Å². The number of hydrogen-bond acceptors (Lipinski definition) is 4. The molecule has 20 heavy (non-hydrogen) atoms. The Labute approximate surface area is 118 Å². The summed E-state index contributed by atoms with van der Waals surface area (Å²) in [5.74, 6) is -1.42. The highest BCUT2D eigenvalue weighted by atomic mass is 16.6. The van der Waals surface area contributed by atoms with Gasteiger partial charge in [-0.15, -0.1) is 6.58 Å². The lowest BCUT2D eigenvalue weighted by Crippen LogP contribution is -2.50. The maximum Gasteiger partial charge on any atom is 0.347 e. The Morgan fingerprint density at radius 1 is 1.50 bits per heavy atom. The molecular formula is C16H18O4. The fraction of sp³-hybridized carbons (Fsp3) is 0.375. The minimum Gasteiger partial charge on any atom is -0.463 e. The van der Waals surface area contributed by atoms with E-state index < -0.39 is 17.5 Å². The monoisotopic (exact) mass is 274 g/mol. The normalized spacial score (nSPS) is 23.4. The second kappa shape index (κ2) is 6.01. The summed E-state index contributed by atoms with van der Waals surface area (Å²) in [5.41, 5.74) is -0.773. The van der Waals surface area contributed by atoms with Crippen LogP contribution in [0.1, 0.15) is 24.8 Å². The van der Waals surface area contributed by atoms with E-state index >= 15 is 0 Å². The average Bonchev–Trinajstić information content (AvgIpc) is 2.84. The molecule has 0 spiro atoms. The molecule has 1 aliphatic rings. The predicted octanol–water partition coefficient (Wildman–Crippen LogP) is 2.25. The topological polar surface area (TPSA) is 52.6 Å². The summed E-state index contributed by atoms with van der Waals surface area (Å²) in [5, 5.41) is 0. The van der Waals surface area contributed by atoms with Gasteiger partial charge in [0.05, 0.1) is 13.2 Å². The molecular weight excluding hydrogens is 256 g/mol. The van der Waals surface area contributed by atoms with E-state index in [-0.39, 0.29) is 25.4 Å². The van der Waals surface area contributed by atoms with Crippen molar-refractivity contribution >= 4 is 11.8 Å². The van der Waals surface area contributed by atoms with Crippen LogP contribution < -0.4 is 0 Å². The lowest BCUT2D eigenvalue weighted by molar-refractivity contribution is -0.171. The van der Waals surface area contributed by atoms with Crippen LogP contribution in [-0.4, -0.2) is 30.6 Å². The van der Waals surface area contributed by atoms with Gasteiger partial charge in [0.2, 0.25) is 5.60 Å². The zero-order valence-electron chi connectivity index (χ0n) is 11.5. The van der Waals surface area contributed by atoms with Gasteiger partial charge in [0.15, 0.2) is 5.78 Å². The summed E-state index contributed by atoms with van der Waals surface area (Å²) < 4.78 is 10.7. The number of carbonyl (C=O) groups excluding carboxylic acids is 2. The van der Waals surface area contributed by atoms with Gasteiger partial charge in [0.1, 0.15) is 0 Å². The maximum absolute atomic E-state index is 12.3. The molecule has 0 amide bonds. The summed E-state index contributed by atoms with van der Waals surface area (Å²) >= 11 is 0. The Balaban J connectivity index is 2.47. The van der Waals surface area contributed by atoms with Gasteiger partial charge in [-0.3, -0.25) is 4.79 Å². The molecule has 106 valence electrons. The van der Waals surface area contributed by atoms with Crippen LogP contribution in [0.4, 0.5) is 0 Å². The van der Waals surface area contributed by atoms with Gasteiger partial charge in [-0.2, -0.15) is 0 Å². The number of ketones is 1. The Morgan fingerprint density at radius 2 is 2.20 bits per heavy atom. The highest BCUT2D eigenvalue weighted by Gasteiger charge is 2.56. The largest absolute Gasteiger partial charge is 0.463 e. The maximum atomic E-state index is 12.3. The second-order valence-electron chi connectivity index (χ2n) is 4.60. The molecule has 1 heterocycles. The Morgan fingerprint density at radius 3 is 2.70 bits per heavy atom. The first kappa shape index (κ1) is 14.5. The summed E-state index contributed by atoms with van der Waals surface area (Å²) in [6.07, 6.45) is 1.80. The third-order valence-corrected chi connectivity index (χ3v) is 3.48. The number of carbonyl (C=O) groups is 2. The fourth-order valence-corrected chi connectivity index (χ4v) is 2.57. The Bertz CT molecular complexity index is 508. The first-order valence-electron chi connectivity index (χ1n) is 6.68. The zero-order valence-corrected chi connectivity index (χ0v) is 11.5. The van der Waals surface area contributed by atoms with Crippen molar-refractivity contribution in [2.75, 3.05) is 13.2 Å². The minimum atomic E-state index is -1.58. The van der Waals surface area contributed by atoms with Gasteiger partial charge >= 0.3 is 5.97 Å². The molecule has 0 aromatic heterocycles. The van der Waals surface area contributed by atoms with Crippen molar-refractivity contribution in [3.8, 4) is 0 Å². The highest BCUT2D eigenvalue weighted by Crippen LogP contribution is 2.39. The van der Waals surface area contributed by atoms with Gasteiger partial charge in [-0.25, -0.2) is 4.79 Å². The predicted molar refractivity (Wildman–Crippen MR) is 74.3 cm³/mol. The molecule has 1 saturated heterocycles. The van der Waals surface area contributed by atoms with E-state index in [1.807, 2.05) is 30.3 Å². The molecule has 4 heteroatoms. The Kier molecular flexibility index (Phi) is 4.35. The zero-order chi connectivity index (χ0) is 14.6. The molecule has 0 saturated carbocycles. The summed E-state index contributed by atoms with van der Waals surface area (Å²) in [7, 11) is 0. The van der Waals surface area contributed by atoms with E-state index in [9.17, 15) is 9.59 Å². The van der Waals surface area contributed by atoms with Crippen molar-refractivity contribution in [3.05, 3.63) is 48.6 Å². The van der Waals surface area contributed by atoms with Gasteiger partial charge in [-0.1, -0.05) is 36.4 Å². The van der Waals surface area contributed by atoms with Gasteiger partial charge in [-0.05, 0) is 12.5 Å². The molecule has 1 aromatic rings. The van der Waals surface area contributed by atoms with Crippen molar-refractivity contribution < 1.29 is 19.1 Å². The van der Waals surface area contributed by atoms with Crippen molar-refractivity contribution in [2.24, 2.45) is 0 Å². The smallest absolute Gasteiger partial charge is 0.347 e. The summed E-state index contributed by atoms with van der Waals surface area (Å²) in [6, 6.07) is 9.27. The lowest BCUT2D eigenvalue weighted by atomic mass is 9.79. The standard InChI is InChI=1S/C16H18O4/c1-3-13(12-8-6-5-7-9-12)16(15(18)19-4-2)14(17)10-11-20-16/h3,5-9,13H,1,4,10-11H2,2H3/t13-,16-/m0/s1. The van der Waals surface area contributed by atoms with Gasteiger partial charge < -0.3 is 9.47 Å². The molecule has 4 nitrogen and oxygen atoms in total. The molecule has 1 aliphatic heterocycles. The van der Waals surface area contributed by atoms with Crippen LogP contribution in [0, 0.1) is 0 Å². The minimum absolute atomic E-state index is 0.204. The van der Waals surface area contributed by atoms with Crippen LogP contribution in [0.3, 0.4) is 0 Å². The summed E-state index contributed by atoms with van der Waals surface area (Å²) in [6.45, 7) is 5.90. The molecule has 0 aliphatic carbocycles. The highest BCUT2D eigenvalue weighted by molar-refractivity contribution is 6.10. The number of esters is 1. The molecule has 0 N–H and O–H groups in total. The summed E-state index contributed by atoms with van der Waals surface area (Å²) in [4.78, 5) is 24.6. The third-order valence-electron chi connectivity index (χ3n) is 3.48. The van der Waals surface area contributed by atoms with Crippen molar-refractivity contribution in [2.45, 2.75) is 24.9 Å². The van der Waals surface area contributed by atoms with E-state index in [1.165, 1.54) is 0 Å². The van der Waals surface area contributed by atoms with Crippen molar-refractivity contribution in [3.63, 3.8) is 0 Å². The first-order valence-corrected chi connectivity index (χ1v) is 6.68. The van der Waals surface area contributed by atoms with Gasteiger partial charge in [0, 0.05) is 12.3 Å². The van der Waals surface area contributed by atoms with Crippen LogP contribution in [-0.2, 0) is 19.1 Å². The van der Waals surface area contributed by atoms with E-state index in [4.69, 9.17) is 9.47 Å². The first-order chi connectivity index (χ1) is 9.66. The number of benzene rings is 1. The number of Topliss-reactive ketones (excluding diaryl/α,β-unsaturated/α-hetero) is 1. The van der Waals surface area contributed by atoms with Crippen LogP contribution in [0.5, 0.6) is 0 Å². The Hall–Kier alpha value is -1.94. The third kappa shape index (κ3) is 2.27. The number of ether oxygens (including phenoxy) is 2. The van der Waals surface area contributed by atoms with Crippen LogP contribution in [0.15, 0.2) is 43.0 Å². The molecule has 0 unspecified atom stereocenters. The number of hydrogen-bond donors (Lipinski definition) is 0. The van der Waals surface area contributed by atoms with E-state index in [0.717, 1.165) is 5.56 Å². The van der Waals surface area contributed by atoms with Gasteiger partial charge in [0.25, 0.3) is 0 Å². The van der Waals surface area contributed by atoms with E-state index in [1.54, 1.807) is 13.0 Å². The molecule has 1 aromatic carbocycles. The number of rotatable bonds is 5. The quantitative estimate of drug-likeness (QED) is 0.469. The van der Waals surface area contributed by atoms with Crippen molar-refractivity contribution in [1.29, 1.82) is 0 Å². The average molecular weight is 274 g/mol. The van der Waals surface area contributed by atoms with E-state index in [0.29, 0.717) is 0 Å². The van der Waals surface area contributed by atoms with Crippen LogP contribution in [0.25, 0.3) is 0 Å². The molecule has 0 radical (unpaired) electrons.